The van der Waals surface area contributed by atoms with Gasteiger partial charge in [-0.1, -0.05) is 28.1 Å². The standard InChI is InChI=1S/C13H14BrN3/c1-9-4-5-11(14)7-12(9)13(17-15)10-3-2-6-16-8-10/h2-8,13,17H,15H2,1H3. The lowest BCUT2D eigenvalue weighted by Crippen LogP contribution is -2.29. The highest BCUT2D eigenvalue weighted by Gasteiger charge is 2.14. The van der Waals surface area contributed by atoms with Gasteiger partial charge in [-0.2, -0.15) is 0 Å². The number of nitrogens with two attached hydrogens (primary N) is 1. The Balaban J connectivity index is 2.46. The van der Waals surface area contributed by atoms with Crippen LogP contribution in [0.25, 0.3) is 0 Å². The van der Waals surface area contributed by atoms with Crippen LogP contribution in [-0.2, 0) is 0 Å². The van der Waals surface area contributed by atoms with Crippen LogP contribution in [0.1, 0.15) is 22.7 Å². The molecule has 0 spiro atoms. The molecule has 0 saturated heterocycles. The molecule has 88 valence electrons. The second kappa shape index (κ2) is 5.40. The van der Waals surface area contributed by atoms with Crippen LogP contribution in [0.2, 0.25) is 0 Å². The van der Waals surface area contributed by atoms with Crippen molar-refractivity contribution in [2.75, 3.05) is 0 Å². The zero-order valence-electron chi connectivity index (χ0n) is 9.52. The smallest absolute Gasteiger partial charge is 0.0727 e. The summed E-state index contributed by atoms with van der Waals surface area (Å²) in [6.07, 6.45) is 3.58. The van der Waals surface area contributed by atoms with E-state index in [1.165, 1.54) is 5.56 Å². The van der Waals surface area contributed by atoms with Crippen molar-refractivity contribution in [2.45, 2.75) is 13.0 Å². The maximum absolute atomic E-state index is 5.66. The molecule has 2 aromatic rings. The minimum Gasteiger partial charge on any atom is -0.271 e. The Labute approximate surface area is 109 Å². The summed E-state index contributed by atoms with van der Waals surface area (Å²) in [6, 6.07) is 10.1. The summed E-state index contributed by atoms with van der Waals surface area (Å²) >= 11 is 3.48. The lowest BCUT2D eigenvalue weighted by molar-refractivity contribution is 0.631. The largest absolute Gasteiger partial charge is 0.271 e. The number of hydrazine groups is 1. The Morgan fingerprint density at radius 3 is 2.82 bits per heavy atom. The van der Waals surface area contributed by atoms with Gasteiger partial charge in [0, 0.05) is 16.9 Å². The van der Waals surface area contributed by atoms with Crippen LogP contribution in [0.4, 0.5) is 0 Å². The maximum atomic E-state index is 5.66. The van der Waals surface area contributed by atoms with E-state index < -0.39 is 0 Å². The minimum atomic E-state index is -0.0406. The van der Waals surface area contributed by atoms with E-state index in [4.69, 9.17) is 5.84 Å². The maximum Gasteiger partial charge on any atom is 0.0727 e. The summed E-state index contributed by atoms with van der Waals surface area (Å²) in [4.78, 5) is 4.12. The van der Waals surface area contributed by atoms with Gasteiger partial charge < -0.3 is 0 Å². The highest BCUT2D eigenvalue weighted by molar-refractivity contribution is 9.10. The van der Waals surface area contributed by atoms with Crippen molar-refractivity contribution >= 4 is 15.9 Å². The molecule has 0 aliphatic heterocycles. The predicted octanol–water partition coefficient (Wildman–Crippen LogP) is 2.71. The number of hydrogen-bond donors (Lipinski definition) is 2. The molecule has 0 saturated carbocycles. The average Bonchev–Trinajstić information content (AvgIpc) is 2.36. The van der Waals surface area contributed by atoms with Crippen molar-refractivity contribution in [2.24, 2.45) is 5.84 Å². The third-order valence-electron chi connectivity index (χ3n) is 2.74. The molecule has 1 unspecified atom stereocenters. The first-order valence-electron chi connectivity index (χ1n) is 5.34. The lowest BCUT2D eigenvalue weighted by Gasteiger charge is -2.19. The molecule has 0 amide bonds. The number of nitrogens with one attached hydrogen (secondary N) is 1. The highest BCUT2D eigenvalue weighted by Crippen LogP contribution is 2.26. The van der Waals surface area contributed by atoms with E-state index in [-0.39, 0.29) is 6.04 Å². The summed E-state index contributed by atoms with van der Waals surface area (Å²) < 4.78 is 1.04. The van der Waals surface area contributed by atoms with Gasteiger partial charge in [-0.25, -0.2) is 5.43 Å². The Bertz CT molecular complexity index is 499. The normalized spacial score (nSPS) is 12.4. The zero-order chi connectivity index (χ0) is 12.3. The van der Waals surface area contributed by atoms with E-state index in [2.05, 4.69) is 45.4 Å². The van der Waals surface area contributed by atoms with E-state index in [1.54, 1.807) is 6.20 Å². The molecule has 0 aliphatic carbocycles. The van der Waals surface area contributed by atoms with Crippen LogP contribution in [0.5, 0.6) is 0 Å². The fraction of sp³-hybridized carbons (Fsp3) is 0.154. The van der Waals surface area contributed by atoms with Crippen molar-refractivity contribution in [3.63, 3.8) is 0 Å². The third-order valence-corrected chi connectivity index (χ3v) is 3.23. The molecule has 0 bridgehead atoms. The number of hydrogen-bond acceptors (Lipinski definition) is 3. The van der Waals surface area contributed by atoms with E-state index in [9.17, 15) is 0 Å². The summed E-state index contributed by atoms with van der Waals surface area (Å²) in [6.45, 7) is 2.07. The first-order valence-corrected chi connectivity index (χ1v) is 6.14. The average molecular weight is 292 g/mol. The Hall–Kier alpha value is -1.23. The van der Waals surface area contributed by atoms with Gasteiger partial charge in [0.05, 0.1) is 6.04 Å². The minimum absolute atomic E-state index is 0.0406. The molecule has 0 aliphatic rings. The van der Waals surface area contributed by atoms with Gasteiger partial charge in [0.25, 0.3) is 0 Å². The van der Waals surface area contributed by atoms with Crippen molar-refractivity contribution in [1.29, 1.82) is 0 Å². The van der Waals surface area contributed by atoms with Crippen LogP contribution in [-0.4, -0.2) is 4.98 Å². The summed E-state index contributed by atoms with van der Waals surface area (Å²) in [5.74, 6) is 5.66. The molecule has 3 N–H and O–H groups in total. The van der Waals surface area contributed by atoms with Crippen molar-refractivity contribution in [1.82, 2.24) is 10.4 Å². The Morgan fingerprint density at radius 1 is 1.35 bits per heavy atom. The van der Waals surface area contributed by atoms with Crippen LogP contribution in [0, 0.1) is 6.92 Å². The molecule has 1 atom stereocenters. The van der Waals surface area contributed by atoms with Gasteiger partial charge in [0.1, 0.15) is 0 Å². The number of benzene rings is 1. The van der Waals surface area contributed by atoms with Crippen LogP contribution in [0.3, 0.4) is 0 Å². The second-order valence-corrected chi connectivity index (χ2v) is 4.80. The van der Waals surface area contributed by atoms with E-state index in [1.807, 2.05) is 24.4 Å². The topological polar surface area (TPSA) is 50.9 Å². The first-order chi connectivity index (χ1) is 8.22. The monoisotopic (exact) mass is 291 g/mol. The summed E-state index contributed by atoms with van der Waals surface area (Å²) in [5, 5.41) is 0. The van der Waals surface area contributed by atoms with Gasteiger partial charge in [-0.15, -0.1) is 0 Å². The van der Waals surface area contributed by atoms with Crippen LogP contribution < -0.4 is 11.3 Å². The van der Waals surface area contributed by atoms with E-state index >= 15 is 0 Å². The van der Waals surface area contributed by atoms with E-state index in [0.29, 0.717) is 0 Å². The molecule has 0 radical (unpaired) electrons. The number of aryl methyl sites for hydroxylation is 1. The number of aromatic nitrogens is 1. The zero-order valence-corrected chi connectivity index (χ0v) is 11.1. The van der Waals surface area contributed by atoms with Crippen molar-refractivity contribution < 1.29 is 0 Å². The van der Waals surface area contributed by atoms with E-state index in [0.717, 1.165) is 15.6 Å². The van der Waals surface area contributed by atoms with Crippen LogP contribution >= 0.6 is 15.9 Å². The number of pyridine rings is 1. The molecule has 1 aromatic carbocycles. The number of nitrogens with zero attached hydrogens (tertiary/aromatic N) is 1. The molecule has 1 aromatic heterocycles. The molecule has 17 heavy (non-hydrogen) atoms. The fourth-order valence-corrected chi connectivity index (χ4v) is 2.21. The van der Waals surface area contributed by atoms with Gasteiger partial charge >= 0.3 is 0 Å². The molecule has 1 heterocycles. The Morgan fingerprint density at radius 2 is 2.18 bits per heavy atom. The van der Waals surface area contributed by atoms with Crippen molar-refractivity contribution in [3.05, 3.63) is 63.9 Å². The molecule has 2 rings (SSSR count). The van der Waals surface area contributed by atoms with Gasteiger partial charge in [-0.3, -0.25) is 10.8 Å². The number of rotatable bonds is 3. The SMILES string of the molecule is Cc1ccc(Br)cc1C(NN)c1cccnc1. The fourth-order valence-electron chi connectivity index (χ4n) is 1.83. The second-order valence-electron chi connectivity index (χ2n) is 3.89. The van der Waals surface area contributed by atoms with Gasteiger partial charge in [0.15, 0.2) is 0 Å². The van der Waals surface area contributed by atoms with Crippen LogP contribution in [0.15, 0.2) is 47.2 Å². The quantitative estimate of drug-likeness (QED) is 0.675. The summed E-state index contributed by atoms with van der Waals surface area (Å²) in [7, 11) is 0. The van der Waals surface area contributed by atoms with Gasteiger partial charge in [0.2, 0.25) is 0 Å². The molecule has 3 nitrogen and oxygen atoms in total. The lowest BCUT2D eigenvalue weighted by atomic mass is 9.97. The molecule has 0 fully saturated rings. The molecular weight excluding hydrogens is 278 g/mol. The van der Waals surface area contributed by atoms with Gasteiger partial charge in [-0.05, 0) is 41.8 Å². The molecular formula is C13H14BrN3. The molecule has 4 heteroatoms. The predicted molar refractivity (Wildman–Crippen MR) is 72.3 cm³/mol. The van der Waals surface area contributed by atoms with Crippen molar-refractivity contribution in [3.8, 4) is 0 Å². The Kier molecular flexibility index (Phi) is 3.89. The third kappa shape index (κ3) is 2.72. The summed E-state index contributed by atoms with van der Waals surface area (Å²) in [5.41, 5.74) is 6.24. The first kappa shape index (κ1) is 12.2. The highest BCUT2D eigenvalue weighted by atomic mass is 79.9. The number of halogens is 1.